The van der Waals surface area contributed by atoms with Crippen LogP contribution in [-0.4, -0.2) is 19.4 Å². The Bertz CT molecular complexity index is 1230. The number of hydrogen-bond donors (Lipinski definition) is 2. The average Bonchev–Trinajstić information content (AvgIpc) is 2.72. The van der Waals surface area contributed by atoms with Crippen molar-refractivity contribution >= 4 is 21.7 Å². The van der Waals surface area contributed by atoms with Crippen LogP contribution in [0.25, 0.3) is 0 Å². The maximum absolute atomic E-state index is 14.8. The normalized spacial score (nSPS) is 15.5. The van der Waals surface area contributed by atoms with Gasteiger partial charge in [0.05, 0.1) is 5.69 Å². The first-order valence-corrected chi connectivity index (χ1v) is 10.6. The number of nitrogens with one attached hydrogen (secondary N) is 2. The second-order valence-corrected chi connectivity index (χ2v) is 8.40. The van der Waals surface area contributed by atoms with E-state index in [1.165, 1.54) is 12.1 Å². The first-order chi connectivity index (χ1) is 14.4. The van der Waals surface area contributed by atoms with Gasteiger partial charge in [-0.05, 0) is 35.4 Å². The minimum Gasteiger partial charge on any atom is -0.351 e. The smallest absolute Gasteiger partial charge is 0.287 e. The van der Waals surface area contributed by atoms with Crippen LogP contribution < -0.4 is 10.6 Å². The lowest BCUT2D eigenvalue weighted by molar-refractivity contribution is 0.578. The highest BCUT2D eigenvalue weighted by Crippen LogP contribution is 2.39. The predicted octanol–water partition coefficient (Wildman–Crippen LogP) is 3.77. The van der Waals surface area contributed by atoms with Gasteiger partial charge in [0.15, 0.2) is 0 Å². The summed E-state index contributed by atoms with van der Waals surface area (Å²) in [7, 11) is -4.07. The molecular weight excluding hydrogens is 410 g/mol. The summed E-state index contributed by atoms with van der Waals surface area (Å²) in [6.07, 6.45) is 3.25. The fraction of sp³-hybridized carbons (Fsp3) is 0.143. The molecule has 1 atom stereocenters. The Morgan fingerprint density at radius 1 is 1.07 bits per heavy atom. The van der Waals surface area contributed by atoms with E-state index < -0.39 is 27.6 Å². The fourth-order valence-electron chi connectivity index (χ4n) is 3.40. The number of nitrogens with zero attached hydrogens (tertiary/aromatic N) is 2. The van der Waals surface area contributed by atoms with E-state index in [2.05, 4.69) is 20.0 Å². The maximum atomic E-state index is 14.8. The van der Waals surface area contributed by atoms with E-state index in [0.29, 0.717) is 0 Å². The van der Waals surface area contributed by atoms with Gasteiger partial charge in [-0.2, -0.15) is 8.42 Å². The molecule has 9 heteroatoms. The second-order valence-electron chi connectivity index (χ2n) is 6.83. The van der Waals surface area contributed by atoms with Crippen molar-refractivity contribution in [2.24, 2.45) is 4.40 Å². The highest BCUT2D eigenvalue weighted by atomic mass is 32.2. The molecule has 0 radical (unpaired) electrons. The minimum absolute atomic E-state index is 0.0427. The van der Waals surface area contributed by atoms with Gasteiger partial charge in [-0.15, -0.1) is 4.40 Å². The summed E-state index contributed by atoms with van der Waals surface area (Å²) in [5.74, 6) is -1.91. The molecule has 1 aliphatic heterocycles. The lowest BCUT2D eigenvalue weighted by atomic mass is 9.91. The van der Waals surface area contributed by atoms with Crippen molar-refractivity contribution in [2.45, 2.75) is 24.3 Å². The van der Waals surface area contributed by atoms with Crippen molar-refractivity contribution in [3.05, 3.63) is 89.2 Å². The van der Waals surface area contributed by atoms with Crippen molar-refractivity contribution in [1.29, 1.82) is 0 Å². The summed E-state index contributed by atoms with van der Waals surface area (Å²) < 4.78 is 58.3. The number of pyridine rings is 1. The Labute approximate surface area is 172 Å². The average molecular weight is 428 g/mol. The molecule has 2 aromatic carbocycles. The van der Waals surface area contributed by atoms with Crippen LogP contribution >= 0.6 is 0 Å². The van der Waals surface area contributed by atoms with E-state index in [9.17, 15) is 17.2 Å². The first kappa shape index (κ1) is 20.0. The number of fused-ring (bicyclic) bond motifs is 1. The summed E-state index contributed by atoms with van der Waals surface area (Å²) in [6.45, 7) is 1.89. The standard InChI is InChI=1S/C21H18F2N4O2S/c1-13(15-6-2-3-7-16(15)22)19-17(23)8-9-18-20(19)26-21(27-30(18,28)29)25-12-14-5-4-10-24-11-14/h2-11,13H,12H2,1H3,(H2,25,26,27)/t13-/m0/s1. The molecule has 2 N–H and O–H groups in total. The number of hydrogen-bond acceptors (Lipinski definition) is 5. The lowest BCUT2D eigenvalue weighted by Gasteiger charge is -2.25. The van der Waals surface area contributed by atoms with Gasteiger partial charge < -0.3 is 10.6 Å². The number of anilines is 1. The van der Waals surface area contributed by atoms with Crippen LogP contribution in [0.5, 0.6) is 0 Å². The van der Waals surface area contributed by atoms with Crippen LogP contribution in [0, 0.1) is 11.6 Å². The van der Waals surface area contributed by atoms with Gasteiger partial charge in [-0.3, -0.25) is 4.98 Å². The first-order valence-electron chi connectivity index (χ1n) is 9.18. The topological polar surface area (TPSA) is 83.4 Å². The van der Waals surface area contributed by atoms with Crippen molar-refractivity contribution < 1.29 is 17.2 Å². The van der Waals surface area contributed by atoms with Crippen LogP contribution in [0.15, 0.2) is 70.2 Å². The van der Waals surface area contributed by atoms with Gasteiger partial charge in [0.1, 0.15) is 16.5 Å². The third-order valence-electron chi connectivity index (χ3n) is 4.87. The zero-order valence-corrected chi connectivity index (χ0v) is 16.7. The van der Waals surface area contributed by atoms with E-state index in [1.54, 1.807) is 37.5 Å². The lowest BCUT2D eigenvalue weighted by Crippen LogP contribution is -2.35. The van der Waals surface area contributed by atoms with Crippen molar-refractivity contribution in [1.82, 2.24) is 10.3 Å². The van der Waals surface area contributed by atoms with Gasteiger partial charge >= 0.3 is 0 Å². The molecule has 0 fully saturated rings. The molecule has 1 aliphatic rings. The number of benzene rings is 2. The summed E-state index contributed by atoms with van der Waals surface area (Å²) in [6, 6.07) is 11.8. The number of guanidine groups is 1. The third kappa shape index (κ3) is 3.76. The van der Waals surface area contributed by atoms with Crippen molar-refractivity contribution in [3.8, 4) is 0 Å². The second kappa shape index (κ2) is 7.83. The molecule has 154 valence electrons. The molecule has 30 heavy (non-hydrogen) atoms. The number of halogens is 2. The highest BCUT2D eigenvalue weighted by Gasteiger charge is 2.31. The molecule has 0 amide bonds. The summed E-state index contributed by atoms with van der Waals surface area (Å²) in [5, 5.41) is 5.77. The van der Waals surface area contributed by atoms with Gasteiger partial charge in [-0.1, -0.05) is 31.2 Å². The van der Waals surface area contributed by atoms with Gasteiger partial charge in [0.25, 0.3) is 10.0 Å². The Kier molecular flexibility index (Phi) is 5.21. The molecule has 0 bridgehead atoms. The van der Waals surface area contributed by atoms with E-state index in [1.807, 2.05) is 6.07 Å². The summed E-state index contributed by atoms with van der Waals surface area (Å²) in [5.41, 5.74) is 1.17. The summed E-state index contributed by atoms with van der Waals surface area (Å²) in [4.78, 5) is 3.84. The zero-order valence-electron chi connectivity index (χ0n) is 15.9. The van der Waals surface area contributed by atoms with Crippen LogP contribution in [0.4, 0.5) is 14.5 Å². The van der Waals surface area contributed by atoms with Crippen LogP contribution in [0.2, 0.25) is 0 Å². The molecule has 0 unspecified atom stereocenters. The quantitative estimate of drug-likeness (QED) is 0.661. The molecule has 2 heterocycles. The minimum atomic E-state index is -4.07. The van der Waals surface area contributed by atoms with Crippen LogP contribution in [0.1, 0.15) is 29.5 Å². The van der Waals surface area contributed by atoms with Gasteiger partial charge in [-0.25, -0.2) is 8.78 Å². The molecule has 6 nitrogen and oxygen atoms in total. The van der Waals surface area contributed by atoms with Crippen molar-refractivity contribution in [3.63, 3.8) is 0 Å². The third-order valence-corrected chi connectivity index (χ3v) is 6.19. The molecule has 4 rings (SSSR count). The SMILES string of the molecule is C[C@@H](c1ccccc1F)c1c(F)ccc2c1NC(NCc1cccnc1)=NS2(=O)=O. The van der Waals surface area contributed by atoms with Gasteiger partial charge in [0.2, 0.25) is 5.96 Å². The molecule has 0 spiro atoms. The summed E-state index contributed by atoms with van der Waals surface area (Å²) >= 11 is 0. The zero-order chi connectivity index (χ0) is 21.3. The number of rotatable bonds is 4. The van der Waals surface area contributed by atoms with E-state index in [4.69, 9.17) is 0 Å². The van der Waals surface area contributed by atoms with E-state index >= 15 is 0 Å². The predicted molar refractivity (Wildman–Crippen MR) is 110 cm³/mol. The van der Waals surface area contributed by atoms with Gasteiger partial charge in [0, 0.05) is 30.4 Å². The highest BCUT2D eigenvalue weighted by molar-refractivity contribution is 7.90. The fourth-order valence-corrected chi connectivity index (χ4v) is 4.51. The van der Waals surface area contributed by atoms with Crippen LogP contribution in [0.3, 0.4) is 0 Å². The molecule has 0 saturated heterocycles. The van der Waals surface area contributed by atoms with E-state index in [-0.39, 0.29) is 34.2 Å². The largest absolute Gasteiger partial charge is 0.351 e. The van der Waals surface area contributed by atoms with Crippen LogP contribution in [-0.2, 0) is 16.6 Å². The van der Waals surface area contributed by atoms with E-state index in [0.717, 1.165) is 17.7 Å². The Morgan fingerprint density at radius 2 is 1.87 bits per heavy atom. The van der Waals surface area contributed by atoms with Crippen molar-refractivity contribution in [2.75, 3.05) is 5.32 Å². The molecular formula is C21H18F2N4O2S. The number of sulfonamides is 1. The number of aromatic nitrogens is 1. The maximum Gasteiger partial charge on any atom is 0.287 e. The monoisotopic (exact) mass is 428 g/mol. The molecule has 0 saturated carbocycles. The molecule has 3 aromatic rings. The molecule has 0 aliphatic carbocycles. The Morgan fingerprint density at radius 3 is 2.60 bits per heavy atom. The Hall–Kier alpha value is -3.33. The Balaban J connectivity index is 1.73. The molecule has 1 aromatic heterocycles.